The molecule has 0 aliphatic rings. The summed E-state index contributed by atoms with van der Waals surface area (Å²) >= 11 is 5.90. The zero-order chi connectivity index (χ0) is 18.9. The quantitative estimate of drug-likeness (QED) is 0.535. The van der Waals surface area contributed by atoms with E-state index in [9.17, 15) is 4.79 Å². The zero-order valence-corrected chi connectivity index (χ0v) is 15.3. The number of urea groups is 1. The fourth-order valence-electron chi connectivity index (χ4n) is 2.33. The van der Waals surface area contributed by atoms with Crippen molar-refractivity contribution in [3.05, 3.63) is 83.9 Å². The van der Waals surface area contributed by atoms with E-state index in [1.807, 2.05) is 30.3 Å². The van der Waals surface area contributed by atoms with Crippen LogP contribution >= 0.6 is 11.6 Å². The van der Waals surface area contributed by atoms with Gasteiger partial charge in [0.05, 0.1) is 0 Å². The maximum absolute atomic E-state index is 12.0. The molecule has 3 aromatic carbocycles. The molecule has 0 fully saturated rings. The van der Waals surface area contributed by atoms with Gasteiger partial charge < -0.3 is 20.1 Å². The summed E-state index contributed by atoms with van der Waals surface area (Å²) in [5.74, 6) is 1.51. The van der Waals surface area contributed by atoms with Gasteiger partial charge in [0, 0.05) is 16.4 Å². The Bertz CT molecular complexity index is 870. The van der Waals surface area contributed by atoms with Crippen molar-refractivity contribution in [1.29, 1.82) is 0 Å². The number of rotatable bonds is 7. The van der Waals surface area contributed by atoms with Crippen LogP contribution in [0.3, 0.4) is 0 Å². The summed E-state index contributed by atoms with van der Waals surface area (Å²) in [5.41, 5.74) is 1.28. The van der Waals surface area contributed by atoms with Crippen LogP contribution in [0.2, 0.25) is 5.02 Å². The molecule has 0 saturated carbocycles. The van der Waals surface area contributed by atoms with Crippen molar-refractivity contribution in [2.24, 2.45) is 0 Å². The van der Waals surface area contributed by atoms with Gasteiger partial charge in [0.2, 0.25) is 0 Å². The lowest BCUT2D eigenvalue weighted by atomic mass is 10.3. The third-order valence-electron chi connectivity index (χ3n) is 3.56. The van der Waals surface area contributed by atoms with Crippen LogP contribution < -0.4 is 20.1 Å². The highest BCUT2D eigenvalue weighted by molar-refractivity contribution is 6.30. The number of carbonyl (C=O) groups excluding carboxylic acids is 1. The van der Waals surface area contributed by atoms with Crippen molar-refractivity contribution in [2.45, 2.75) is 0 Å². The van der Waals surface area contributed by atoms with Crippen LogP contribution in [0.15, 0.2) is 78.9 Å². The predicted octanol–water partition coefficient (Wildman–Crippen LogP) is 5.44. The Morgan fingerprint density at radius 2 is 1.37 bits per heavy atom. The van der Waals surface area contributed by atoms with Gasteiger partial charge in [-0.05, 0) is 54.6 Å². The molecular weight excluding hydrogens is 364 g/mol. The van der Waals surface area contributed by atoms with E-state index in [1.165, 1.54) is 0 Å². The van der Waals surface area contributed by atoms with Gasteiger partial charge in [0.1, 0.15) is 24.7 Å². The van der Waals surface area contributed by atoms with Gasteiger partial charge in [-0.3, -0.25) is 0 Å². The van der Waals surface area contributed by atoms with Crippen LogP contribution in [0.4, 0.5) is 16.2 Å². The molecule has 5 nitrogen and oxygen atoms in total. The van der Waals surface area contributed by atoms with Crippen LogP contribution in [0.25, 0.3) is 0 Å². The van der Waals surface area contributed by atoms with Crippen molar-refractivity contribution in [2.75, 3.05) is 23.8 Å². The molecule has 0 unspecified atom stereocenters. The molecule has 0 radical (unpaired) electrons. The minimum atomic E-state index is -0.345. The molecule has 6 heteroatoms. The predicted molar refractivity (Wildman–Crippen MR) is 108 cm³/mol. The largest absolute Gasteiger partial charge is 0.490 e. The van der Waals surface area contributed by atoms with E-state index in [4.69, 9.17) is 21.1 Å². The van der Waals surface area contributed by atoms with Crippen LogP contribution in [0.1, 0.15) is 0 Å². The van der Waals surface area contributed by atoms with E-state index in [0.29, 0.717) is 35.4 Å². The summed E-state index contributed by atoms with van der Waals surface area (Å²) in [7, 11) is 0. The lowest BCUT2D eigenvalue weighted by molar-refractivity contribution is 0.217. The average Bonchev–Trinajstić information content (AvgIpc) is 2.67. The monoisotopic (exact) mass is 382 g/mol. The van der Waals surface area contributed by atoms with E-state index < -0.39 is 0 Å². The molecular formula is C21H19ClN2O3. The van der Waals surface area contributed by atoms with Gasteiger partial charge in [-0.25, -0.2) is 4.79 Å². The summed E-state index contributed by atoms with van der Waals surface area (Å²) in [6.07, 6.45) is 0. The number of para-hydroxylation sites is 1. The first kappa shape index (κ1) is 18.6. The molecule has 138 valence electrons. The van der Waals surface area contributed by atoms with Crippen molar-refractivity contribution < 1.29 is 14.3 Å². The minimum Gasteiger partial charge on any atom is -0.490 e. The van der Waals surface area contributed by atoms with Crippen LogP contribution in [0.5, 0.6) is 11.5 Å². The van der Waals surface area contributed by atoms with Crippen LogP contribution in [-0.2, 0) is 0 Å². The molecule has 0 aliphatic carbocycles. The maximum atomic E-state index is 12.0. The number of ether oxygens (including phenoxy) is 2. The molecule has 0 aliphatic heterocycles. The standard InChI is InChI=1S/C21H19ClN2O3/c22-16-5-4-6-18(15-16)24-21(25)23-17-9-11-20(12-10-17)27-14-13-26-19-7-2-1-3-8-19/h1-12,15H,13-14H2,(H2,23,24,25). The van der Waals surface area contributed by atoms with Gasteiger partial charge >= 0.3 is 6.03 Å². The third-order valence-corrected chi connectivity index (χ3v) is 3.79. The highest BCUT2D eigenvalue weighted by Gasteiger charge is 2.03. The van der Waals surface area contributed by atoms with Gasteiger partial charge in [0.25, 0.3) is 0 Å². The van der Waals surface area contributed by atoms with Gasteiger partial charge in [-0.15, -0.1) is 0 Å². The van der Waals surface area contributed by atoms with E-state index in [1.54, 1.807) is 48.5 Å². The number of hydrogen-bond acceptors (Lipinski definition) is 3. The molecule has 0 bridgehead atoms. The van der Waals surface area contributed by atoms with Crippen LogP contribution in [-0.4, -0.2) is 19.2 Å². The van der Waals surface area contributed by atoms with Crippen molar-refractivity contribution in [1.82, 2.24) is 0 Å². The highest BCUT2D eigenvalue weighted by atomic mass is 35.5. The molecule has 2 N–H and O–H groups in total. The average molecular weight is 383 g/mol. The van der Waals surface area contributed by atoms with Gasteiger partial charge in [-0.1, -0.05) is 35.9 Å². The van der Waals surface area contributed by atoms with Gasteiger partial charge in [0.15, 0.2) is 0 Å². The SMILES string of the molecule is O=C(Nc1ccc(OCCOc2ccccc2)cc1)Nc1cccc(Cl)c1. The van der Waals surface area contributed by atoms with Gasteiger partial charge in [-0.2, -0.15) is 0 Å². The molecule has 0 saturated heterocycles. The molecule has 3 rings (SSSR count). The normalized spacial score (nSPS) is 10.1. The highest BCUT2D eigenvalue weighted by Crippen LogP contribution is 2.18. The Morgan fingerprint density at radius 1 is 0.741 bits per heavy atom. The first-order valence-electron chi connectivity index (χ1n) is 8.43. The molecule has 2 amide bonds. The number of nitrogens with one attached hydrogen (secondary N) is 2. The number of carbonyl (C=O) groups is 1. The molecule has 0 spiro atoms. The Kier molecular flexibility index (Phi) is 6.55. The third kappa shape index (κ3) is 6.24. The van der Waals surface area contributed by atoms with E-state index in [2.05, 4.69) is 10.6 Å². The van der Waals surface area contributed by atoms with Crippen molar-refractivity contribution in [3.8, 4) is 11.5 Å². The summed E-state index contributed by atoms with van der Waals surface area (Å²) in [6, 6.07) is 23.3. The summed E-state index contributed by atoms with van der Waals surface area (Å²) in [4.78, 5) is 12.0. The van der Waals surface area contributed by atoms with E-state index >= 15 is 0 Å². The first-order valence-corrected chi connectivity index (χ1v) is 8.81. The number of benzene rings is 3. The Morgan fingerprint density at radius 3 is 2.04 bits per heavy atom. The molecule has 27 heavy (non-hydrogen) atoms. The summed E-state index contributed by atoms with van der Waals surface area (Å²) in [5, 5.41) is 6.03. The topological polar surface area (TPSA) is 59.6 Å². The lowest BCUT2D eigenvalue weighted by Crippen LogP contribution is -2.19. The Hall–Kier alpha value is -3.18. The molecule has 0 atom stereocenters. The number of anilines is 2. The zero-order valence-electron chi connectivity index (χ0n) is 14.5. The fourth-order valence-corrected chi connectivity index (χ4v) is 2.52. The van der Waals surface area contributed by atoms with E-state index in [0.717, 1.165) is 5.75 Å². The molecule has 3 aromatic rings. The van der Waals surface area contributed by atoms with Crippen molar-refractivity contribution in [3.63, 3.8) is 0 Å². The first-order chi connectivity index (χ1) is 13.2. The van der Waals surface area contributed by atoms with Crippen LogP contribution in [0, 0.1) is 0 Å². The van der Waals surface area contributed by atoms with E-state index in [-0.39, 0.29) is 6.03 Å². The number of halogens is 1. The number of hydrogen-bond donors (Lipinski definition) is 2. The smallest absolute Gasteiger partial charge is 0.323 e. The lowest BCUT2D eigenvalue weighted by Gasteiger charge is -2.10. The van der Waals surface area contributed by atoms with Crippen molar-refractivity contribution >= 4 is 29.0 Å². The number of amides is 2. The Labute approximate surface area is 162 Å². The molecule has 0 heterocycles. The summed E-state index contributed by atoms with van der Waals surface area (Å²) < 4.78 is 11.2. The molecule has 0 aromatic heterocycles. The Balaban J connectivity index is 1.42. The second kappa shape index (κ2) is 9.50. The second-order valence-electron chi connectivity index (χ2n) is 5.62. The minimum absolute atomic E-state index is 0.345. The summed E-state index contributed by atoms with van der Waals surface area (Å²) in [6.45, 7) is 0.878. The fraction of sp³-hybridized carbons (Fsp3) is 0.0952. The maximum Gasteiger partial charge on any atom is 0.323 e. The second-order valence-corrected chi connectivity index (χ2v) is 6.06.